The fourth-order valence-electron chi connectivity index (χ4n) is 3.12. The first-order valence-corrected chi connectivity index (χ1v) is 7.16. The summed E-state index contributed by atoms with van der Waals surface area (Å²) in [6, 6.07) is 0.514. The molecule has 1 fully saturated rings. The van der Waals surface area contributed by atoms with E-state index in [0.29, 0.717) is 12.6 Å². The van der Waals surface area contributed by atoms with Gasteiger partial charge in [0.15, 0.2) is 0 Å². The number of nitrogens with two attached hydrogens (primary N) is 1. The van der Waals surface area contributed by atoms with E-state index in [2.05, 4.69) is 23.8 Å². The van der Waals surface area contributed by atoms with Gasteiger partial charge in [-0.3, -0.25) is 4.90 Å². The lowest BCUT2D eigenvalue weighted by atomic mass is 9.96. The molecule has 114 valence electrons. The molecule has 0 aromatic carbocycles. The maximum Gasteiger partial charge on any atom is 0.216 e. The van der Waals surface area contributed by atoms with Crippen LogP contribution in [0.1, 0.15) is 31.1 Å². The summed E-state index contributed by atoms with van der Waals surface area (Å²) in [5.41, 5.74) is 7.99. The normalized spacial score (nSPS) is 24.4. The highest BCUT2D eigenvalue weighted by Crippen LogP contribution is 2.37. The van der Waals surface area contributed by atoms with Crippen LogP contribution in [0.2, 0.25) is 0 Å². The van der Waals surface area contributed by atoms with Crippen LogP contribution < -0.4 is 10.5 Å². The number of rotatable bonds is 4. The molecule has 2 heterocycles. The first-order valence-electron chi connectivity index (χ1n) is 7.16. The van der Waals surface area contributed by atoms with Gasteiger partial charge in [0.1, 0.15) is 0 Å². The van der Waals surface area contributed by atoms with Crippen LogP contribution in [0.3, 0.4) is 0 Å². The quantitative estimate of drug-likeness (QED) is 0.887. The summed E-state index contributed by atoms with van der Waals surface area (Å²) in [5.74, 6) is 0.794. The summed E-state index contributed by atoms with van der Waals surface area (Å²) < 4.78 is 13.2. The highest BCUT2D eigenvalue weighted by atomic mass is 16.5. The molecule has 6 nitrogen and oxygen atoms in total. The molecule has 1 aromatic rings. The maximum absolute atomic E-state index is 5.92. The number of aryl methyl sites for hydroxylation is 2. The van der Waals surface area contributed by atoms with Gasteiger partial charge in [-0.2, -0.15) is 5.10 Å². The van der Waals surface area contributed by atoms with E-state index in [4.69, 9.17) is 15.2 Å². The standard InChI is InChI=1S/C14H26N4O2/c1-9(2)18-6-7-20-11(8-15)13(18)12-10(3)16-17(4)14(12)19-5/h9,11,13H,6-8,15H2,1-5H3. The maximum atomic E-state index is 5.92. The van der Waals surface area contributed by atoms with Gasteiger partial charge >= 0.3 is 0 Å². The fourth-order valence-corrected chi connectivity index (χ4v) is 3.12. The number of hydrogen-bond acceptors (Lipinski definition) is 5. The summed E-state index contributed by atoms with van der Waals surface area (Å²) in [4.78, 5) is 2.42. The molecule has 2 atom stereocenters. The van der Waals surface area contributed by atoms with Crippen molar-refractivity contribution in [2.24, 2.45) is 12.8 Å². The van der Waals surface area contributed by atoms with E-state index in [1.807, 2.05) is 14.0 Å². The van der Waals surface area contributed by atoms with Crippen molar-refractivity contribution in [3.8, 4) is 5.88 Å². The predicted octanol–water partition coefficient (Wildman–Crippen LogP) is 0.846. The van der Waals surface area contributed by atoms with Gasteiger partial charge < -0.3 is 15.2 Å². The van der Waals surface area contributed by atoms with Gasteiger partial charge in [-0.05, 0) is 20.8 Å². The van der Waals surface area contributed by atoms with Crippen molar-refractivity contribution in [3.63, 3.8) is 0 Å². The van der Waals surface area contributed by atoms with E-state index in [-0.39, 0.29) is 12.1 Å². The number of methoxy groups -OCH3 is 1. The topological polar surface area (TPSA) is 65.5 Å². The molecular formula is C14H26N4O2. The predicted molar refractivity (Wildman–Crippen MR) is 77.9 cm³/mol. The molecule has 2 N–H and O–H groups in total. The fraction of sp³-hybridized carbons (Fsp3) is 0.786. The highest BCUT2D eigenvalue weighted by Gasteiger charge is 2.38. The Bertz CT molecular complexity index is 458. The molecule has 1 saturated heterocycles. The summed E-state index contributed by atoms with van der Waals surface area (Å²) in [5, 5.41) is 4.49. The zero-order valence-corrected chi connectivity index (χ0v) is 13.1. The van der Waals surface area contributed by atoms with Crippen LogP contribution in [0, 0.1) is 6.92 Å². The number of aromatic nitrogens is 2. The van der Waals surface area contributed by atoms with Crippen molar-refractivity contribution >= 4 is 0 Å². The molecule has 0 radical (unpaired) electrons. The van der Waals surface area contributed by atoms with Gasteiger partial charge in [0, 0.05) is 26.2 Å². The van der Waals surface area contributed by atoms with Gasteiger partial charge in [-0.1, -0.05) is 0 Å². The largest absolute Gasteiger partial charge is 0.481 e. The minimum atomic E-state index is -0.0250. The number of ether oxygens (including phenoxy) is 2. The van der Waals surface area contributed by atoms with Gasteiger partial charge in [0.05, 0.1) is 37.1 Å². The van der Waals surface area contributed by atoms with Gasteiger partial charge in [-0.25, -0.2) is 4.68 Å². The van der Waals surface area contributed by atoms with Crippen LogP contribution in [0.5, 0.6) is 5.88 Å². The molecule has 1 aliphatic heterocycles. The Kier molecular flexibility index (Phi) is 4.67. The molecule has 20 heavy (non-hydrogen) atoms. The van der Waals surface area contributed by atoms with Crippen molar-refractivity contribution < 1.29 is 9.47 Å². The van der Waals surface area contributed by atoms with E-state index in [1.165, 1.54) is 0 Å². The van der Waals surface area contributed by atoms with Crippen molar-refractivity contribution in [1.29, 1.82) is 0 Å². The van der Waals surface area contributed by atoms with Gasteiger partial charge in [-0.15, -0.1) is 0 Å². The van der Waals surface area contributed by atoms with E-state index in [9.17, 15) is 0 Å². The summed E-state index contributed by atoms with van der Waals surface area (Å²) >= 11 is 0. The van der Waals surface area contributed by atoms with Crippen molar-refractivity contribution in [1.82, 2.24) is 14.7 Å². The van der Waals surface area contributed by atoms with Crippen LogP contribution in [0.25, 0.3) is 0 Å². The Balaban J connectivity index is 2.49. The monoisotopic (exact) mass is 282 g/mol. The molecule has 1 aromatic heterocycles. The SMILES string of the molecule is COc1c(C2C(CN)OCCN2C(C)C)c(C)nn1C. The Morgan fingerprint density at radius 3 is 2.75 bits per heavy atom. The van der Waals surface area contributed by atoms with Crippen molar-refractivity contribution in [3.05, 3.63) is 11.3 Å². The number of hydrogen-bond donors (Lipinski definition) is 1. The molecule has 2 rings (SSSR count). The summed E-state index contributed by atoms with van der Waals surface area (Å²) in [7, 11) is 3.58. The lowest BCUT2D eigenvalue weighted by molar-refractivity contribution is -0.0797. The molecular weight excluding hydrogens is 256 g/mol. The zero-order valence-electron chi connectivity index (χ0n) is 13.1. The summed E-state index contributed by atoms with van der Waals surface area (Å²) in [6.45, 7) is 8.52. The number of nitrogens with zero attached hydrogens (tertiary/aromatic N) is 3. The van der Waals surface area contributed by atoms with E-state index >= 15 is 0 Å². The zero-order chi connectivity index (χ0) is 14.9. The first kappa shape index (κ1) is 15.3. The van der Waals surface area contributed by atoms with Crippen molar-refractivity contribution in [2.45, 2.75) is 39.0 Å². The van der Waals surface area contributed by atoms with Gasteiger partial charge in [0.25, 0.3) is 0 Å². The van der Waals surface area contributed by atoms with Crippen molar-refractivity contribution in [2.75, 3.05) is 26.8 Å². The molecule has 0 bridgehead atoms. The Morgan fingerprint density at radius 2 is 2.20 bits per heavy atom. The Morgan fingerprint density at radius 1 is 1.50 bits per heavy atom. The third kappa shape index (κ3) is 2.55. The smallest absolute Gasteiger partial charge is 0.216 e. The third-order valence-corrected chi connectivity index (χ3v) is 3.99. The highest BCUT2D eigenvalue weighted by molar-refractivity contribution is 5.35. The second-order valence-corrected chi connectivity index (χ2v) is 5.55. The minimum absolute atomic E-state index is 0.0250. The Hall–Kier alpha value is -1.11. The first-order chi connectivity index (χ1) is 9.51. The van der Waals surface area contributed by atoms with E-state index < -0.39 is 0 Å². The van der Waals surface area contributed by atoms with Crippen LogP contribution in [-0.2, 0) is 11.8 Å². The average molecular weight is 282 g/mol. The minimum Gasteiger partial charge on any atom is -0.481 e. The Labute approximate surface area is 120 Å². The second kappa shape index (κ2) is 6.11. The van der Waals surface area contributed by atoms with Crippen LogP contribution in [0.15, 0.2) is 0 Å². The lowest BCUT2D eigenvalue weighted by Gasteiger charge is -2.43. The molecule has 0 amide bonds. The molecule has 0 saturated carbocycles. The lowest BCUT2D eigenvalue weighted by Crippen LogP contribution is -2.50. The van der Waals surface area contributed by atoms with Crippen LogP contribution in [0.4, 0.5) is 0 Å². The summed E-state index contributed by atoms with van der Waals surface area (Å²) in [6.07, 6.45) is -0.0250. The third-order valence-electron chi connectivity index (χ3n) is 3.99. The van der Waals surface area contributed by atoms with E-state index in [1.54, 1.807) is 11.8 Å². The van der Waals surface area contributed by atoms with Crippen LogP contribution in [-0.4, -0.2) is 53.6 Å². The van der Waals surface area contributed by atoms with Gasteiger partial charge in [0.2, 0.25) is 5.88 Å². The molecule has 1 aliphatic rings. The van der Waals surface area contributed by atoms with E-state index in [0.717, 1.165) is 30.3 Å². The number of morpholine rings is 1. The van der Waals surface area contributed by atoms with Crippen LogP contribution >= 0.6 is 0 Å². The molecule has 0 aliphatic carbocycles. The second-order valence-electron chi connectivity index (χ2n) is 5.55. The molecule has 2 unspecified atom stereocenters. The average Bonchev–Trinajstić information content (AvgIpc) is 2.71. The molecule has 6 heteroatoms. The molecule has 0 spiro atoms.